The number of anilines is 1. The Morgan fingerprint density at radius 3 is 2.65 bits per heavy atom. The highest BCUT2D eigenvalue weighted by Crippen LogP contribution is 2.37. The van der Waals surface area contributed by atoms with Crippen LogP contribution in [-0.4, -0.2) is 101 Å². The zero-order chi connectivity index (χ0) is 29.3. The maximum atomic E-state index is 9.75. The Labute approximate surface area is 255 Å². The van der Waals surface area contributed by atoms with Crippen LogP contribution in [0.25, 0.3) is 16.6 Å². The van der Waals surface area contributed by atoms with Crippen LogP contribution in [-0.2, 0) is 11.3 Å². The van der Waals surface area contributed by atoms with E-state index in [2.05, 4.69) is 43.0 Å². The minimum Gasteiger partial charge on any atom is -0.491 e. The van der Waals surface area contributed by atoms with Gasteiger partial charge in [0, 0.05) is 74.9 Å². The van der Waals surface area contributed by atoms with Gasteiger partial charge in [-0.05, 0) is 36.2 Å². The summed E-state index contributed by atoms with van der Waals surface area (Å²) in [4.78, 5) is 16.4. The van der Waals surface area contributed by atoms with Crippen molar-refractivity contribution >= 4 is 22.9 Å². The summed E-state index contributed by atoms with van der Waals surface area (Å²) in [6.07, 6.45) is 8.35. The molecule has 11 nitrogen and oxygen atoms in total. The van der Waals surface area contributed by atoms with E-state index in [1.807, 2.05) is 30.7 Å². The van der Waals surface area contributed by atoms with E-state index in [1.54, 1.807) is 17.8 Å². The predicted molar refractivity (Wildman–Crippen MR) is 162 cm³/mol. The van der Waals surface area contributed by atoms with Gasteiger partial charge in [0.2, 0.25) is 5.88 Å². The van der Waals surface area contributed by atoms with Gasteiger partial charge in [-0.3, -0.25) is 9.80 Å². The van der Waals surface area contributed by atoms with Crippen LogP contribution in [0.15, 0.2) is 49.1 Å². The number of halogens is 1. The predicted octanol–water partition coefficient (Wildman–Crippen LogP) is 3.50. The Balaban J connectivity index is 1.05. The van der Waals surface area contributed by atoms with Gasteiger partial charge in [-0.25, -0.2) is 14.5 Å². The standard InChI is InChI=1S/C31H33ClN8O3/c1-41-31-28(32)10-21(14-35-31)17-39-24-11-25(39)19-38(18-24)29-3-2-22(15-34-29)27-12-26(20-40-30(27)23(13-33)16-36-40)43-9-6-37-4-7-42-8-5-37/h2-3,10,12,14-16,20,24-25H,4-9,11,17-19H2,1H3. The summed E-state index contributed by atoms with van der Waals surface area (Å²) in [6, 6.07) is 11.3. The number of aromatic nitrogens is 4. The molecule has 8 rings (SSSR count). The highest BCUT2D eigenvalue weighted by molar-refractivity contribution is 6.31. The molecule has 222 valence electrons. The van der Waals surface area contributed by atoms with Crippen molar-refractivity contribution in [1.82, 2.24) is 29.4 Å². The number of piperazine rings is 1. The van der Waals surface area contributed by atoms with Crippen LogP contribution in [0.5, 0.6) is 11.6 Å². The van der Waals surface area contributed by atoms with Crippen molar-refractivity contribution in [3.05, 3.63) is 65.2 Å². The van der Waals surface area contributed by atoms with Gasteiger partial charge in [0.15, 0.2) is 0 Å². The largest absolute Gasteiger partial charge is 0.491 e. The fourth-order valence-corrected chi connectivity index (χ4v) is 6.64. The van der Waals surface area contributed by atoms with Crippen LogP contribution in [0.3, 0.4) is 0 Å². The fourth-order valence-electron chi connectivity index (χ4n) is 6.37. The van der Waals surface area contributed by atoms with Crippen LogP contribution in [0, 0.1) is 11.3 Å². The first kappa shape index (κ1) is 27.9. The van der Waals surface area contributed by atoms with E-state index in [9.17, 15) is 5.26 Å². The molecule has 0 N–H and O–H groups in total. The Morgan fingerprint density at radius 2 is 1.93 bits per heavy atom. The second kappa shape index (κ2) is 12.0. The van der Waals surface area contributed by atoms with Gasteiger partial charge >= 0.3 is 0 Å². The van der Waals surface area contributed by atoms with Crippen LogP contribution in [0.1, 0.15) is 17.5 Å². The lowest BCUT2D eigenvalue weighted by Gasteiger charge is -2.56. The molecule has 4 aliphatic heterocycles. The first-order chi connectivity index (χ1) is 21.1. The summed E-state index contributed by atoms with van der Waals surface area (Å²) in [5.41, 5.74) is 4.14. The zero-order valence-electron chi connectivity index (χ0n) is 24.0. The Morgan fingerprint density at radius 1 is 1.09 bits per heavy atom. The quantitative estimate of drug-likeness (QED) is 0.283. The van der Waals surface area contributed by atoms with Crippen molar-refractivity contribution in [2.75, 3.05) is 64.6 Å². The van der Waals surface area contributed by atoms with Crippen molar-refractivity contribution in [2.24, 2.45) is 0 Å². The molecule has 4 aromatic rings. The zero-order valence-corrected chi connectivity index (χ0v) is 24.8. The highest BCUT2D eigenvalue weighted by Gasteiger charge is 2.44. The molecule has 4 saturated heterocycles. The molecule has 8 heterocycles. The van der Waals surface area contributed by atoms with Crippen molar-refractivity contribution in [3.8, 4) is 28.8 Å². The number of rotatable bonds is 9. The van der Waals surface area contributed by atoms with E-state index in [4.69, 9.17) is 30.8 Å². The maximum Gasteiger partial charge on any atom is 0.232 e. The van der Waals surface area contributed by atoms with Gasteiger partial charge in [0.05, 0.1) is 43.8 Å². The number of hydrogen-bond acceptors (Lipinski definition) is 10. The summed E-state index contributed by atoms with van der Waals surface area (Å²) in [5, 5.41) is 14.7. The Hall–Kier alpha value is -3.95. The third-order valence-corrected chi connectivity index (χ3v) is 8.91. The van der Waals surface area contributed by atoms with Crippen LogP contribution in [0.2, 0.25) is 5.02 Å². The normalized spacial score (nSPS) is 20.5. The molecule has 12 heteroatoms. The lowest BCUT2D eigenvalue weighted by Crippen LogP contribution is -2.68. The van der Waals surface area contributed by atoms with E-state index in [-0.39, 0.29) is 0 Å². The fraction of sp³-hybridized carbons (Fsp3) is 0.419. The first-order valence-corrected chi connectivity index (χ1v) is 15.0. The second-order valence-electron chi connectivity index (χ2n) is 11.2. The number of fused-ring (bicyclic) bond motifs is 3. The molecule has 2 unspecified atom stereocenters. The first-order valence-electron chi connectivity index (χ1n) is 14.6. The van der Waals surface area contributed by atoms with Crippen LogP contribution in [0.4, 0.5) is 5.82 Å². The average Bonchev–Trinajstić information content (AvgIpc) is 3.47. The maximum absolute atomic E-state index is 9.75. The molecular weight excluding hydrogens is 568 g/mol. The molecule has 0 spiro atoms. The average molecular weight is 601 g/mol. The van der Waals surface area contributed by atoms with Crippen LogP contribution < -0.4 is 14.4 Å². The monoisotopic (exact) mass is 600 g/mol. The molecule has 4 aliphatic rings. The molecule has 2 bridgehead atoms. The molecule has 43 heavy (non-hydrogen) atoms. The van der Waals surface area contributed by atoms with E-state index >= 15 is 0 Å². The molecule has 0 saturated carbocycles. The highest BCUT2D eigenvalue weighted by atomic mass is 35.5. The van der Waals surface area contributed by atoms with E-state index in [0.29, 0.717) is 40.9 Å². The summed E-state index contributed by atoms with van der Waals surface area (Å²) in [5.74, 6) is 2.11. The van der Waals surface area contributed by atoms with E-state index in [0.717, 1.165) is 80.5 Å². The smallest absolute Gasteiger partial charge is 0.232 e. The van der Waals surface area contributed by atoms with Crippen molar-refractivity contribution in [1.29, 1.82) is 5.26 Å². The third kappa shape index (κ3) is 5.59. The van der Waals surface area contributed by atoms with Crippen molar-refractivity contribution < 1.29 is 14.2 Å². The van der Waals surface area contributed by atoms with Gasteiger partial charge < -0.3 is 19.1 Å². The summed E-state index contributed by atoms with van der Waals surface area (Å²) in [6.45, 7) is 7.40. The van der Waals surface area contributed by atoms with E-state index in [1.165, 1.54) is 6.42 Å². The SMILES string of the molecule is COc1ncc(CN2C3CC2CN(c2ccc(-c4cc(OCCN5CCOCC5)cn5ncc(C#N)c45)cn2)C3)cc1Cl. The summed E-state index contributed by atoms with van der Waals surface area (Å²) >= 11 is 6.30. The summed E-state index contributed by atoms with van der Waals surface area (Å²) in [7, 11) is 1.57. The number of piperidine rings is 1. The van der Waals surface area contributed by atoms with E-state index < -0.39 is 0 Å². The van der Waals surface area contributed by atoms with Gasteiger partial charge in [0.1, 0.15) is 29.3 Å². The number of ether oxygens (including phenoxy) is 3. The molecule has 0 aromatic carbocycles. The molecule has 0 amide bonds. The van der Waals surface area contributed by atoms with Gasteiger partial charge in [-0.15, -0.1) is 0 Å². The minimum absolute atomic E-state index is 0.454. The Bertz CT molecular complexity index is 1640. The number of nitrogens with zero attached hydrogens (tertiary/aromatic N) is 8. The number of hydrogen-bond donors (Lipinski definition) is 0. The molecule has 0 aliphatic carbocycles. The van der Waals surface area contributed by atoms with Crippen LogP contribution >= 0.6 is 11.6 Å². The molecule has 4 aromatic heterocycles. The lowest BCUT2D eigenvalue weighted by molar-refractivity contribution is -0.00876. The molecule has 4 fully saturated rings. The van der Waals surface area contributed by atoms with Gasteiger partial charge in [0.25, 0.3) is 0 Å². The molecule has 0 radical (unpaired) electrons. The number of pyridine rings is 3. The number of nitriles is 1. The number of morpholine rings is 1. The minimum atomic E-state index is 0.454. The Kier molecular flexibility index (Phi) is 7.76. The summed E-state index contributed by atoms with van der Waals surface area (Å²) < 4.78 is 18.5. The third-order valence-electron chi connectivity index (χ3n) is 8.64. The number of methoxy groups -OCH3 is 1. The van der Waals surface area contributed by atoms with Crippen molar-refractivity contribution in [2.45, 2.75) is 25.0 Å². The lowest BCUT2D eigenvalue weighted by atomic mass is 9.87. The van der Waals surface area contributed by atoms with Crippen molar-refractivity contribution in [3.63, 3.8) is 0 Å². The molecular formula is C31H33ClN8O3. The van der Waals surface area contributed by atoms with Gasteiger partial charge in [-0.2, -0.15) is 10.4 Å². The second-order valence-corrected chi connectivity index (χ2v) is 11.6. The van der Waals surface area contributed by atoms with Gasteiger partial charge in [-0.1, -0.05) is 11.6 Å². The molecule has 2 atom stereocenters. The topological polar surface area (TPSA) is 104 Å².